The molecule has 1 atom stereocenters. The molecule has 0 amide bonds. The summed E-state index contributed by atoms with van der Waals surface area (Å²) in [5.41, 5.74) is 2.18. The summed E-state index contributed by atoms with van der Waals surface area (Å²) in [7, 11) is 0. The van der Waals surface area contributed by atoms with Crippen molar-refractivity contribution >= 4 is 28.8 Å². The number of esters is 1. The number of imidazole rings is 1. The average molecular weight is 302 g/mol. The topological polar surface area (TPSA) is 68.1 Å². The molecule has 2 heterocycles. The number of nitrogens with zero attached hydrogens (tertiary/aromatic N) is 1. The zero-order valence-corrected chi connectivity index (χ0v) is 12.4. The minimum atomic E-state index is -0.461. The zero-order chi connectivity index (χ0) is 14.8. The highest BCUT2D eigenvalue weighted by Gasteiger charge is 2.18. The molecule has 0 aliphatic rings. The molecule has 1 unspecified atom stereocenters. The predicted molar refractivity (Wildman–Crippen MR) is 80.4 cm³/mol. The normalized spacial score (nSPS) is 12.5. The molecule has 21 heavy (non-hydrogen) atoms. The van der Waals surface area contributed by atoms with E-state index in [1.807, 2.05) is 30.5 Å². The molecule has 0 saturated carbocycles. The summed E-state index contributed by atoms with van der Waals surface area (Å²) < 4.78 is 10.6. The summed E-state index contributed by atoms with van der Waals surface area (Å²) in [6, 6.07) is 9.35. The van der Waals surface area contributed by atoms with Crippen molar-refractivity contribution < 1.29 is 13.9 Å². The van der Waals surface area contributed by atoms with Crippen molar-refractivity contribution in [1.29, 1.82) is 0 Å². The molecule has 3 aromatic rings. The molecule has 0 spiro atoms. The molecule has 0 aliphatic carbocycles. The van der Waals surface area contributed by atoms with Gasteiger partial charge in [0.05, 0.1) is 16.6 Å². The fourth-order valence-electron chi connectivity index (χ4n) is 1.98. The van der Waals surface area contributed by atoms with Crippen LogP contribution in [-0.2, 0) is 4.74 Å². The van der Waals surface area contributed by atoms with E-state index in [1.165, 1.54) is 18.0 Å². The molecule has 1 N–H and O–H groups in total. The predicted octanol–water partition coefficient (Wildman–Crippen LogP) is 3.80. The third-order valence-electron chi connectivity index (χ3n) is 3.09. The molecular weight excluding hydrogens is 288 g/mol. The molecule has 0 fully saturated rings. The second-order valence-corrected chi connectivity index (χ2v) is 5.36. The van der Waals surface area contributed by atoms with Gasteiger partial charge in [0.15, 0.2) is 11.2 Å². The van der Waals surface area contributed by atoms with Crippen molar-refractivity contribution in [3.05, 3.63) is 48.0 Å². The highest BCUT2D eigenvalue weighted by molar-refractivity contribution is 7.98. The quantitative estimate of drug-likeness (QED) is 0.586. The van der Waals surface area contributed by atoms with Crippen molar-refractivity contribution in [2.45, 2.75) is 18.1 Å². The van der Waals surface area contributed by atoms with Crippen LogP contribution in [0.25, 0.3) is 11.0 Å². The maximum absolute atomic E-state index is 12.0. The number of hydrogen-bond donors (Lipinski definition) is 1. The van der Waals surface area contributed by atoms with E-state index in [4.69, 9.17) is 9.15 Å². The Morgan fingerprint density at radius 2 is 2.24 bits per heavy atom. The molecule has 108 valence electrons. The average Bonchev–Trinajstić information content (AvgIpc) is 3.13. The van der Waals surface area contributed by atoms with Gasteiger partial charge in [-0.1, -0.05) is 23.9 Å². The highest BCUT2D eigenvalue weighted by atomic mass is 32.2. The highest BCUT2D eigenvalue weighted by Crippen LogP contribution is 2.22. The summed E-state index contributed by atoms with van der Waals surface area (Å²) in [5.74, 6) is 0.199. The van der Waals surface area contributed by atoms with Crippen molar-refractivity contribution in [1.82, 2.24) is 9.97 Å². The first-order chi connectivity index (χ1) is 10.2. The first-order valence-corrected chi connectivity index (χ1v) is 7.68. The first-order valence-electron chi connectivity index (χ1n) is 6.45. The number of fused-ring (bicyclic) bond motifs is 1. The Morgan fingerprint density at radius 1 is 1.43 bits per heavy atom. The number of carbonyl (C=O) groups is 1. The van der Waals surface area contributed by atoms with Gasteiger partial charge in [-0.3, -0.25) is 0 Å². The first kappa shape index (κ1) is 13.8. The molecule has 0 radical (unpaired) electrons. The van der Waals surface area contributed by atoms with Gasteiger partial charge in [-0.25, -0.2) is 9.78 Å². The van der Waals surface area contributed by atoms with E-state index in [0.29, 0.717) is 16.5 Å². The number of furan rings is 1. The third kappa shape index (κ3) is 2.80. The number of aromatic nitrogens is 2. The number of nitrogens with one attached hydrogen (secondary N) is 1. The lowest BCUT2D eigenvalue weighted by Crippen LogP contribution is -2.09. The Hall–Kier alpha value is -2.21. The molecule has 2 aromatic heterocycles. The Labute approximate surface area is 125 Å². The maximum atomic E-state index is 12.0. The maximum Gasteiger partial charge on any atom is 0.342 e. The molecular formula is C15H14N2O3S. The van der Waals surface area contributed by atoms with E-state index < -0.39 is 12.1 Å². The van der Waals surface area contributed by atoms with Crippen LogP contribution in [0.4, 0.5) is 0 Å². The van der Waals surface area contributed by atoms with Gasteiger partial charge in [0.1, 0.15) is 12.1 Å². The molecule has 0 saturated heterocycles. The minimum Gasteiger partial charge on any atom is -0.457 e. The van der Waals surface area contributed by atoms with Crippen LogP contribution in [0.2, 0.25) is 0 Å². The Kier molecular flexibility index (Phi) is 3.70. The molecule has 3 rings (SSSR count). The monoisotopic (exact) mass is 302 g/mol. The molecule has 1 aromatic carbocycles. The summed E-state index contributed by atoms with van der Waals surface area (Å²) >= 11 is 1.43. The number of para-hydroxylation sites is 2. The Morgan fingerprint density at radius 3 is 2.95 bits per heavy atom. The lowest BCUT2D eigenvalue weighted by atomic mass is 10.3. The van der Waals surface area contributed by atoms with Gasteiger partial charge in [0.2, 0.25) is 0 Å². The number of aromatic amines is 1. The zero-order valence-electron chi connectivity index (χ0n) is 11.6. The van der Waals surface area contributed by atoms with Crippen molar-refractivity contribution in [3.8, 4) is 0 Å². The number of hydrogen-bond acceptors (Lipinski definition) is 5. The van der Waals surface area contributed by atoms with Crippen molar-refractivity contribution in [3.63, 3.8) is 0 Å². The standard InChI is InChI=1S/C15H14N2O3S/c1-9(14-16-11-5-3-4-6-12(11)17-14)20-15(18)10-7-13(21-2)19-8-10/h3-9H,1-2H3,(H,16,17). The Bertz CT molecular complexity index is 745. The van der Waals surface area contributed by atoms with Crippen LogP contribution in [-0.4, -0.2) is 22.2 Å². The number of thioether (sulfide) groups is 1. The second kappa shape index (κ2) is 5.65. The summed E-state index contributed by atoms with van der Waals surface area (Å²) in [6.07, 6.45) is 2.82. The van der Waals surface area contributed by atoms with Crippen LogP contribution in [0.5, 0.6) is 0 Å². The van der Waals surface area contributed by atoms with E-state index in [2.05, 4.69) is 9.97 Å². The Balaban J connectivity index is 1.75. The van der Waals surface area contributed by atoms with E-state index in [9.17, 15) is 4.79 Å². The van der Waals surface area contributed by atoms with Crippen LogP contribution < -0.4 is 0 Å². The van der Waals surface area contributed by atoms with Gasteiger partial charge in [-0.05, 0) is 25.3 Å². The number of rotatable bonds is 4. The van der Waals surface area contributed by atoms with Crippen LogP contribution in [0.3, 0.4) is 0 Å². The summed E-state index contributed by atoms with van der Waals surface area (Å²) in [6.45, 7) is 1.78. The number of ether oxygens (including phenoxy) is 1. The fourth-order valence-corrected chi connectivity index (χ4v) is 2.37. The van der Waals surface area contributed by atoms with Crippen LogP contribution in [0.1, 0.15) is 29.2 Å². The van der Waals surface area contributed by atoms with E-state index in [0.717, 1.165) is 11.0 Å². The van der Waals surface area contributed by atoms with Crippen LogP contribution in [0.15, 0.2) is 46.1 Å². The largest absolute Gasteiger partial charge is 0.457 e. The number of carbonyl (C=O) groups excluding carboxylic acids is 1. The molecule has 0 aliphatic heterocycles. The number of benzene rings is 1. The molecule has 5 nitrogen and oxygen atoms in total. The van der Waals surface area contributed by atoms with Crippen LogP contribution in [0, 0.1) is 0 Å². The van der Waals surface area contributed by atoms with Crippen molar-refractivity contribution in [2.75, 3.05) is 6.26 Å². The fraction of sp³-hybridized carbons (Fsp3) is 0.200. The molecule has 0 bridgehead atoms. The van der Waals surface area contributed by atoms with Gasteiger partial charge in [-0.15, -0.1) is 0 Å². The van der Waals surface area contributed by atoms with Gasteiger partial charge in [-0.2, -0.15) is 0 Å². The smallest absolute Gasteiger partial charge is 0.342 e. The van der Waals surface area contributed by atoms with Gasteiger partial charge >= 0.3 is 5.97 Å². The minimum absolute atomic E-state index is 0.405. The second-order valence-electron chi connectivity index (χ2n) is 4.55. The third-order valence-corrected chi connectivity index (χ3v) is 3.71. The molecule has 6 heteroatoms. The number of H-pyrrole nitrogens is 1. The van der Waals surface area contributed by atoms with Gasteiger partial charge < -0.3 is 14.1 Å². The van der Waals surface area contributed by atoms with E-state index in [-0.39, 0.29) is 0 Å². The van der Waals surface area contributed by atoms with Crippen molar-refractivity contribution in [2.24, 2.45) is 0 Å². The lowest BCUT2D eigenvalue weighted by molar-refractivity contribution is 0.0321. The van der Waals surface area contributed by atoms with Gasteiger partial charge in [0, 0.05) is 6.07 Å². The lowest BCUT2D eigenvalue weighted by Gasteiger charge is -2.09. The van der Waals surface area contributed by atoms with E-state index in [1.54, 1.807) is 13.0 Å². The van der Waals surface area contributed by atoms with Crippen LogP contribution >= 0.6 is 11.8 Å². The summed E-state index contributed by atoms with van der Waals surface area (Å²) in [5, 5.41) is 0.679. The van der Waals surface area contributed by atoms with E-state index >= 15 is 0 Å². The summed E-state index contributed by atoms with van der Waals surface area (Å²) in [4.78, 5) is 19.6. The SMILES string of the molecule is CSc1cc(C(=O)OC(C)c2nc3ccccc3[nH]2)co1. The van der Waals surface area contributed by atoms with Gasteiger partial charge in [0.25, 0.3) is 0 Å².